The molecule has 2 atom stereocenters. The minimum Gasteiger partial charge on any atom is -0.340 e. The minimum absolute atomic E-state index is 0.00134. The smallest absolute Gasteiger partial charge is 0.340 e. The molecular formula is C30H35F3N8O. The predicted octanol–water partition coefficient (Wildman–Crippen LogP) is 5.77. The Balaban J connectivity index is 1.09. The summed E-state index contributed by atoms with van der Waals surface area (Å²) >= 11 is 0. The molecule has 1 amide bonds. The van der Waals surface area contributed by atoms with Crippen LogP contribution in [0.15, 0.2) is 48.9 Å². The molecule has 42 heavy (non-hydrogen) atoms. The molecule has 1 saturated heterocycles. The van der Waals surface area contributed by atoms with Crippen LogP contribution < -0.4 is 5.32 Å². The van der Waals surface area contributed by atoms with Gasteiger partial charge in [-0.3, -0.25) is 14.4 Å². The maximum Gasteiger partial charge on any atom is 0.397 e. The standard InChI is InChI=1S/C30H35F3N8O/c1-19(39-8-10-40(11-9-39)27(42)15-30(31,32)33)20-6-7-34-26(13-20)38-28-36-24-5-4-21(12-25(24)37-28)22-16-35-41(17-22)18-23-14-29(23,2)3/h4-7,12-13,16-17,19,23H,8-11,14-15,18H2,1-3H3,(H2,34,36,37,38)/t19?,23-/m0/s1. The van der Waals surface area contributed by atoms with E-state index in [9.17, 15) is 18.0 Å². The SMILES string of the molecule is CC(c1ccnc(Nc2nc3ccc(-c4cnn(C[C@@H]5CC5(C)C)c4)cc3[nH]2)c1)N1CCN(C(=O)CC(F)(F)F)CC1. The van der Waals surface area contributed by atoms with Crippen molar-refractivity contribution in [1.29, 1.82) is 0 Å². The molecule has 12 heteroatoms. The summed E-state index contributed by atoms with van der Waals surface area (Å²) < 4.78 is 39.9. The van der Waals surface area contributed by atoms with Crippen molar-refractivity contribution in [3.05, 3.63) is 54.5 Å². The fourth-order valence-corrected chi connectivity index (χ4v) is 5.72. The molecule has 0 radical (unpaired) electrons. The minimum atomic E-state index is -4.48. The molecule has 3 aromatic heterocycles. The highest BCUT2D eigenvalue weighted by molar-refractivity contribution is 5.83. The monoisotopic (exact) mass is 580 g/mol. The van der Waals surface area contributed by atoms with Gasteiger partial charge in [0.05, 0.1) is 17.2 Å². The second-order valence-corrected chi connectivity index (χ2v) is 12.1. The molecule has 1 unspecified atom stereocenters. The molecule has 4 aromatic rings. The lowest BCUT2D eigenvalue weighted by molar-refractivity contribution is -0.162. The summed E-state index contributed by atoms with van der Waals surface area (Å²) in [6, 6.07) is 9.97. The average Bonchev–Trinajstić information content (AvgIpc) is 3.27. The van der Waals surface area contributed by atoms with Crippen LogP contribution in [-0.2, 0) is 11.3 Å². The molecular weight excluding hydrogens is 545 g/mol. The number of fused-ring (bicyclic) bond motifs is 1. The largest absolute Gasteiger partial charge is 0.397 e. The molecule has 0 spiro atoms. The average molecular weight is 581 g/mol. The summed E-state index contributed by atoms with van der Waals surface area (Å²) in [5.41, 5.74) is 5.27. The third-order valence-electron chi connectivity index (χ3n) is 8.65. The molecule has 1 aliphatic carbocycles. The van der Waals surface area contributed by atoms with Crippen molar-refractivity contribution in [2.24, 2.45) is 11.3 Å². The summed E-state index contributed by atoms with van der Waals surface area (Å²) in [5.74, 6) is 1.01. The lowest BCUT2D eigenvalue weighted by Gasteiger charge is -2.38. The number of alkyl halides is 3. The van der Waals surface area contributed by atoms with E-state index in [0.717, 1.165) is 34.3 Å². The fourth-order valence-electron chi connectivity index (χ4n) is 5.72. The van der Waals surface area contributed by atoms with Gasteiger partial charge < -0.3 is 15.2 Å². The Morgan fingerprint density at radius 3 is 2.62 bits per heavy atom. The number of pyridine rings is 1. The number of carbonyl (C=O) groups excluding carboxylic acids is 1. The second-order valence-electron chi connectivity index (χ2n) is 12.1. The van der Waals surface area contributed by atoms with Crippen molar-refractivity contribution >= 4 is 28.7 Å². The van der Waals surface area contributed by atoms with Gasteiger partial charge in [-0.05, 0) is 60.1 Å². The molecule has 1 aromatic carbocycles. The number of H-pyrrole nitrogens is 1. The van der Waals surface area contributed by atoms with E-state index in [0.29, 0.717) is 36.2 Å². The van der Waals surface area contributed by atoms with Gasteiger partial charge in [0.2, 0.25) is 11.9 Å². The van der Waals surface area contributed by atoms with Crippen LogP contribution in [0.25, 0.3) is 22.2 Å². The topological polar surface area (TPSA) is 95.0 Å². The summed E-state index contributed by atoms with van der Waals surface area (Å²) in [6.45, 7) is 9.13. The number of anilines is 2. The maximum absolute atomic E-state index is 12.6. The van der Waals surface area contributed by atoms with Gasteiger partial charge in [0, 0.05) is 56.7 Å². The Hall–Kier alpha value is -3.93. The maximum atomic E-state index is 12.6. The summed E-state index contributed by atoms with van der Waals surface area (Å²) in [7, 11) is 0. The number of halogens is 3. The van der Waals surface area contributed by atoms with Gasteiger partial charge in [0.1, 0.15) is 12.2 Å². The van der Waals surface area contributed by atoms with Gasteiger partial charge in [0.15, 0.2) is 0 Å². The zero-order valence-electron chi connectivity index (χ0n) is 23.9. The van der Waals surface area contributed by atoms with Crippen LogP contribution in [0.3, 0.4) is 0 Å². The van der Waals surface area contributed by atoms with Crippen LogP contribution in [0.4, 0.5) is 24.9 Å². The highest BCUT2D eigenvalue weighted by Crippen LogP contribution is 2.52. The second kappa shape index (κ2) is 10.7. The molecule has 4 heterocycles. The first-order valence-corrected chi connectivity index (χ1v) is 14.3. The zero-order chi connectivity index (χ0) is 29.6. The Bertz CT molecular complexity index is 1580. The number of rotatable bonds is 8. The number of hydrogen-bond donors (Lipinski definition) is 2. The van der Waals surface area contributed by atoms with Crippen molar-refractivity contribution in [3.63, 3.8) is 0 Å². The Morgan fingerprint density at radius 1 is 1.14 bits per heavy atom. The van der Waals surface area contributed by atoms with Gasteiger partial charge in [-0.2, -0.15) is 18.3 Å². The van der Waals surface area contributed by atoms with Gasteiger partial charge >= 0.3 is 6.18 Å². The first kappa shape index (κ1) is 28.2. The number of benzene rings is 1. The van der Waals surface area contributed by atoms with E-state index < -0.39 is 18.5 Å². The van der Waals surface area contributed by atoms with Gasteiger partial charge in [0.25, 0.3) is 0 Å². The highest BCUT2D eigenvalue weighted by atomic mass is 19.4. The van der Waals surface area contributed by atoms with E-state index in [-0.39, 0.29) is 19.1 Å². The highest BCUT2D eigenvalue weighted by Gasteiger charge is 2.45. The van der Waals surface area contributed by atoms with Crippen molar-refractivity contribution < 1.29 is 18.0 Å². The summed E-state index contributed by atoms with van der Waals surface area (Å²) in [6.07, 6.45) is 1.07. The number of aromatic amines is 1. The van der Waals surface area contributed by atoms with Crippen LogP contribution in [-0.4, -0.2) is 72.8 Å². The molecule has 2 N–H and O–H groups in total. The number of imidazole rings is 1. The predicted molar refractivity (Wildman–Crippen MR) is 154 cm³/mol. The Labute approximate surface area is 242 Å². The van der Waals surface area contributed by atoms with E-state index in [4.69, 9.17) is 0 Å². The lowest BCUT2D eigenvalue weighted by Crippen LogP contribution is -2.50. The van der Waals surface area contributed by atoms with Gasteiger partial charge in [-0.15, -0.1) is 0 Å². The van der Waals surface area contributed by atoms with E-state index in [1.807, 2.05) is 42.1 Å². The van der Waals surface area contributed by atoms with Crippen molar-refractivity contribution in [2.75, 3.05) is 31.5 Å². The molecule has 9 nitrogen and oxygen atoms in total. The quantitative estimate of drug-likeness (QED) is 0.275. The van der Waals surface area contributed by atoms with Crippen LogP contribution >= 0.6 is 0 Å². The number of hydrogen-bond acceptors (Lipinski definition) is 6. The molecule has 6 rings (SSSR count). The van der Waals surface area contributed by atoms with E-state index >= 15 is 0 Å². The molecule has 1 aliphatic heterocycles. The molecule has 0 bridgehead atoms. The zero-order valence-corrected chi connectivity index (χ0v) is 23.9. The van der Waals surface area contributed by atoms with Crippen molar-refractivity contribution in [1.82, 2.24) is 34.5 Å². The number of piperazine rings is 1. The van der Waals surface area contributed by atoms with Crippen LogP contribution in [0.1, 0.15) is 45.2 Å². The van der Waals surface area contributed by atoms with Crippen LogP contribution in [0.2, 0.25) is 0 Å². The first-order chi connectivity index (χ1) is 19.9. The third kappa shape index (κ3) is 6.28. The number of amides is 1. The normalized spacial score (nSPS) is 19.7. The fraction of sp³-hybridized carbons (Fsp3) is 0.467. The third-order valence-corrected chi connectivity index (χ3v) is 8.65. The number of carbonyl (C=O) groups is 1. The van der Waals surface area contributed by atoms with E-state index in [2.05, 4.69) is 56.4 Å². The number of nitrogens with zero attached hydrogens (tertiary/aromatic N) is 6. The summed E-state index contributed by atoms with van der Waals surface area (Å²) in [5, 5.41) is 7.83. The summed E-state index contributed by atoms with van der Waals surface area (Å²) in [4.78, 5) is 27.9. The molecule has 222 valence electrons. The number of aromatic nitrogens is 5. The van der Waals surface area contributed by atoms with Crippen molar-refractivity contribution in [3.8, 4) is 11.1 Å². The van der Waals surface area contributed by atoms with E-state index in [1.54, 1.807) is 6.20 Å². The van der Waals surface area contributed by atoms with E-state index in [1.165, 1.54) is 11.3 Å². The van der Waals surface area contributed by atoms with Gasteiger partial charge in [-0.25, -0.2) is 9.97 Å². The molecule has 2 aliphatic rings. The lowest BCUT2D eigenvalue weighted by atomic mass is 10.1. The Kier molecular flexibility index (Phi) is 7.20. The van der Waals surface area contributed by atoms with Crippen molar-refractivity contribution in [2.45, 2.75) is 52.4 Å². The van der Waals surface area contributed by atoms with Crippen LogP contribution in [0.5, 0.6) is 0 Å². The molecule has 1 saturated carbocycles. The Morgan fingerprint density at radius 2 is 1.90 bits per heavy atom. The van der Waals surface area contributed by atoms with Crippen LogP contribution in [0, 0.1) is 11.3 Å². The first-order valence-electron chi connectivity index (χ1n) is 14.3. The number of nitrogens with one attached hydrogen (secondary N) is 2. The van der Waals surface area contributed by atoms with Gasteiger partial charge in [-0.1, -0.05) is 19.9 Å². The molecule has 2 fully saturated rings.